The second-order valence-electron chi connectivity index (χ2n) is 18.7. The molecular formula is C61H62O19. The van der Waals surface area contributed by atoms with Crippen LogP contribution in [0.4, 0.5) is 0 Å². The summed E-state index contributed by atoms with van der Waals surface area (Å²) in [6, 6.07) is 23.3. The van der Waals surface area contributed by atoms with E-state index >= 15 is 0 Å². The van der Waals surface area contributed by atoms with Crippen molar-refractivity contribution in [3.8, 4) is 46.0 Å². The molecule has 80 heavy (non-hydrogen) atoms. The van der Waals surface area contributed by atoms with Gasteiger partial charge < -0.3 is 75.8 Å². The van der Waals surface area contributed by atoms with Crippen LogP contribution in [0.25, 0.3) is 12.2 Å². The molecule has 0 fully saturated rings. The Morgan fingerprint density at radius 1 is 0.425 bits per heavy atom. The van der Waals surface area contributed by atoms with Crippen LogP contribution in [0.1, 0.15) is 60.8 Å². The summed E-state index contributed by atoms with van der Waals surface area (Å²) in [5.41, 5.74) is 4.27. The molecule has 2 unspecified atom stereocenters. The van der Waals surface area contributed by atoms with Crippen LogP contribution in [-0.4, -0.2) is 97.9 Å². The van der Waals surface area contributed by atoms with Crippen LogP contribution >= 0.6 is 0 Å². The summed E-state index contributed by atoms with van der Waals surface area (Å²) in [7, 11) is 6.34. The minimum absolute atomic E-state index is 0.0622. The van der Waals surface area contributed by atoms with Crippen molar-refractivity contribution in [2.75, 3.05) is 55.6 Å². The van der Waals surface area contributed by atoms with Gasteiger partial charge in [-0.15, -0.1) is 0 Å². The number of carbonyl (C=O) groups is 3. The molecule has 0 saturated carbocycles. The van der Waals surface area contributed by atoms with Gasteiger partial charge >= 0.3 is 17.9 Å². The van der Waals surface area contributed by atoms with Crippen LogP contribution in [0.3, 0.4) is 0 Å². The first-order valence-electron chi connectivity index (χ1n) is 25.9. The number of allylic oxidation sites excluding steroid dienone is 1. The SMILES string of the molecule is C=C1C=C(OC)C[C@H](/C=C/c2ccc3c(c2)OCO3)O1.COC1=CC(=O)OC(/C=C/c2ccc3c(c2)OCO3)C1.COC1=CC(=O)OC(CCc2ccc3c(c2)OCO3)C1.COC1=CC(=O)O[C@@H](CCc2ccc3c(c2)OCO3)C1. The molecule has 19 heteroatoms. The van der Waals surface area contributed by atoms with Gasteiger partial charge in [0.25, 0.3) is 0 Å². The molecule has 0 amide bonds. The minimum atomic E-state index is -0.381. The van der Waals surface area contributed by atoms with E-state index in [1.807, 2.05) is 103 Å². The third-order valence-corrected chi connectivity index (χ3v) is 13.2. The zero-order valence-electron chi connectivity index (χ0n) is 44.8. The smallest absolute Gasteiger partial charge is 0.334 e. The largest absolute Gasteiger partial charge is 0.501 e. The molecule has 0 saturated heterocycles. The van der Waals surface area contributed by atoms with E-state index in [-0.39, 0.29) is 69.5 Å². The number of methoxy groups -OCH3 is 4. The Kier molecular flexibility index (Phi) is 18.7. The fourth-order valence-corrected chi connectivity index (χ4v) is 9.05. The number of ether oxygens (including phenoxy) is 16. The molecule has 12 rings (SSSR count). The Morgan fingerprint density at radius 2 is 0.775 bits per heavy atom. The highest BCUT2D eigenvalue weighted by molar-refractivity contribution is 5.84. The zero-order valence-corrected chi connectivity index (χ0v) is 44.8. The van der Waals surface area contributed by atoms with E-state index in [2.05, 4.69) is 6.58 Å². The lowest BCUT2D eigenvalue weighted by Crippen LogP contribution is -2.23. The molecule has 4 aromatic rings. The summed E-state index contributed by atoms with van der Waals surface area (Å²) in [6.45, 7) is 4.92. The Labute approximate surface area is 463 Å². The lowest BCUT2D eigenvalue weighted by molar-refractivity contribution is -0.146. The molecule has 420 valence electrons. The van der Waals surface area contributed by atoms with Gasteiger partial charge in [0.2, 0.25) is 27.2 Å². The van der Waals surface area contributed by atoms with Crippen molar-refractivity contribution >= 4 is 30.1 Å². The van der Waals surface area contributed by atoms with Gasteiger partial charge in [-0.05, 0) is 109 Å². The highest BCUT2D eigenvalue weighted by Gasteiger charge is 2.25. The van der Waals surface area contributed by atoms with Crippen molar-refractivity contribution in [3.05, 3.63) is 167 Å². The Hall–Kier alpha value is -9.13. The van der Waals surface area contributed by atoms with E-state index in [0.29, 0.717) is 48.7 Å². The second kappa shape index (κ2) is 27.0. The number of fused-ring (bicyclic) bond motifs is 4. The molecule has 0 bridgehead atoms. The number of hydrogen-bond donors (Lipinski definition) is 0. The molecule has 8 heterocycles. The van der Waals surface area contributed by atoms with Crippen LogP contribution in [0.2, 0.25) is 0 Å². The normalized spacial score (nSPS) is 20.6. The maximum absolute atomic E-state index is 11.4. The van der Waals surface area contributed by atoms with Gasteiger partial charge in [-0.2, -0.15) is 0 Å². The van der Waals surface area contributed by atoms with Crippen molar-refractivity contribution in [2.45, 2.75) is 75.8 Å². The van der Waals surface area contributed by atoms with Crippen molar-refractivity contribution in [1.29, 1.82) is 0 Å². The molecule has 4 atom stereocenters. The third kappa shape index (κ3) is 15.5. The van der Waals surface area contributed by atoms with E-state index in [1.54, 1.807) is 28.4 Å². The van der Waals surface area contributed by atoms with Gasteiger partial charge in [0.1, 0.15) is 53.2 Å². The quantitative estimate of drug-likeness (QED) is 0.0852. The predicted molar refractivity (Wildman–Crippen MR) is 287 cm³/mol. The topological polar surface area (TPSA) is 199 Å². The molecule has 0 aliphatic carbocycles. The fraction of sp³-hybridized carbons (Fsp3) is 0.328. The first kappa shape index (κ1) is 55.6. The fourth-order valence-electron chi connectivity index (χ4n) is 9.05. The van der Waals surface area contributed by atoms with Crippen molar-refractivity contribution in [1.82, 2.24) is 0 Å². The number of esters is 3. The first-order chi connectivity index (χ1) is 39.0. The number of hydrogen-bond acceptors (Lipinski definition) is 19. The predicted octanol–water partition coefficient (Wildman–Crippen LogP) is 9.92. The average Bonchev–Trinajstić information content (AvgIpc) is 4.34. The Bertz CT molecular complexity index is 2890. The lowest BCUT2D eigenvalue weighted by Gasteiger charge is -2.22. The number of rotatable bonds is 14. The molecule has 8 aliphatic heterocycles. The monoisotopic (exact) mass is 1100 g/mol. The summed E-state index contributed by atoms with van der Waals surface area (Å²) in [5, 5.41) is 0. The van der Waals surface area contributed by atoms with Gasteiger partial charge in [-0.3, -0.25) is 0 Å². The number of aryl methyl sites for hydroxylation is 2. The minimum Gasteiger partial charge on any atom is -0.501 e. The van der Waals surface area contributed by atoms with E-state index in [4.69, 9.17) is 75.8 Å². The standard InChI is InChI=1S/C16H16O4.2C15H16O5.C15H14O5/c1-11-7-14(17-2)9-13(20-11)5-3-12-4-6-15-16(8-12)19-10-18-15;3*1-17-12-7-11(20-15(16)8-12)4-2-10-3-5-13-14(6-10)19-9-18-13/h3-8,13H,1,9-10H2,2H3;2*3,5-6,8,11H,2,4,7,9H2,1H3;2-6,8,11H,7,9H2,1H3/b5-3+;;;4-2+/t13-;11-;;/m00../s1. The lowest BCUT2D eigenvalue weighted by atomic mass is 10.0. The average molecular weight is 1100 g/mol. The van der Waals surface area contributed by atoms with Crippen LogP contribution in [0.15, 0.2) is 145 Å². The summed E-state index contributed by atoms with van der Waals surface area (Å²) in [5.74, 6) is 8.59. The van der Waals surface area contributed by atoms with Gasteiger partial charge in [-0.1, -0.05) is 43.0 Å². The van der Waals surface area contributed by atoms with Gasteiger partial charge in [-0.25, -0.2) is 14.4 Å². The maximum Gasteiger partial charge on any atom is 0.334 e. The first-order valence-corrected chi connectivity index (χ1v) is 25.9. The zero-order chi connectivity index (χ0) is 55.8. The molecule has 4 aromatic carbocycles. The van der Waals surface area contributed by atoms with Crippen molar-refractivity contribution in [2.24, 2.45) is 0 Å². The van der Waals surface area contributed by atoms with Crippen LogP contribution < -0.4 is 37.9 Å². The van der Waals surface area contributed by atoms with Crippen molar-refractivity contribution in [3.63, 3.8) is 0 Å². The second-order valence-corrected chi connectivity index (χ2v) is 18.7. The van der Waals surface area contributed by atoms with Crippen LogP contribution in [0.5, 0.6) is 46.0 Å². The van der Waals surface area contributed by atoms with Gasteiger partial charge in [0, 0.05) is 31.8 Å². The third-order valence-electron chi connectivity index (χ3n) is 13.2. The molecule has 8 aliphatic rings. The van der Waals surface area contributed by atoms with E-state index in [1.165, 1.54) is 18.2 Å². The number of carbonyl (C=O) groups excluding carboxylic acids is 3. The Balaban J connectivity index is 0.000000129. The highest BCUT2D eigenvalue weighted by Crippen LogP contribution is 2.37. The summed E-state index contributed by atoms with van der Waals surface area (Å²) < 4.78 is 84.4. The van der Waals surface area contributed by atoms with Crippen molar-refractivity contribution < 1.29 is 90.2 Å². The maximum atomic E-state index is 11.4. The molecular weight excluding hydrogens is 1040 g/mol. The van der Waals surface area contributed by atoms with Gasteiger partial charge in [0.15, 0.2) is 46.0 Å². The number of cyclic esters (lactones) is 3. The molecule has 0 spiro atoms. The molecule has 0 N–H and O–H groups in total. The molecule has 0 aromatic heterocycles. The number of benzene rings is 4. The summed E-state index contributed by atoms with van der Waals surface area (Å²) in [6.07, 6.45) is 18.7. The highest BCUT2D eigenvalue weighted by atomic mass is 16.7. The summed E-state index contributed by atoms with van der Waals surface area (Å²) in [4.78, 5) is 34.1. The van der Waals surface area contributed by atoms with E-state index in [9.17, 15) is 14.4 Å². The van der Waals surface area contributed by atoms with E-state index in [0.717, 1.165) is 99.7 Å². The molecule has 19 nitrogen and oxygen atoms in total. The Morgan fingerprint density at radius 3 is 1.20 bits per heavy atom. The van der Waals surface area contributed by atoms with Crippen LogP contribution in [0, 0.1) is 0 Å². The molecule has 0 radical (unpaired) electrons. The van der Waals surface area contributed by atoms with Gasteiger partial charge in [0.05, 0.1) is 46.7 Å². The van der Waals surface area contributed by atoms with Crippen LogP contribution in [-0.2, 0) is 65.1 Å². The summed E-state index contributed by atoms with van der Waals surface area (Å²) >= 11 is 0. The van der Waals surface area contributed by atoms with E-state index < -0.39 is 0 Å².